The molecule has 3 fully saturated rings. The van der Waals surface area contributed by atoms with Gasteiger partial charge < -0.3 is 26.2 Å². The van der Waals surface area contributed by atoms with E-state index in [0.29, 0.717) is 22.8 Å². The Morgan fingerprint density at radius 2 is 1.84 bits per heavy atom. The lowest BCUT2D eigenvalue weighted by Crippen LogP contribution is -2.39. The third kappa shape index (κ3) is 5.06. The second-order valence-corrected chi connectivity index (χ2v) is 10.3. The third-order valence-corrected chi connectivity index (χ3v) is 7.73. The first-order valence-corrected chi connectivity index (χ1v) is 14.2. The summed E-state index contributed by atoms with van der Waals surface area (Å²) in [6.07, 6.45) is 6.67. The Kier molecular flexibility index (Phi) is 7.69. The predicted octanol–water partition coefficient (Wildman–Crippen LogP) is 3.63. The summed E-state index contributed by atoms with van der Waals surface area (Å²) < 4.78 is 1.93. The SMILES string of the molecule is CS.Nc1ccc(Cl)cc1C(=O)N1CCCCC1c1cc2nc(N3CCC3)cc(N3CCC(N)C3)n2n1. The van der Waals surface area contributed by atoms with Crippen molar-refractivity contribution in [2.45, 2.75) is 44.2 Å². The van der Waals surface area contributed by atoms with Gasteiger partial charge in [0.05, 0.1) is 17.3 Å². The van der Waals surface area contributed by atoms with Gasteiger partial charge in [-0.25, -0.2) is 4.98 Å². The average molecular weight is 543 g/mol. The molecule has 3 aromatic rings. The molecule has 9 nitrogen and oxygen atoms in total. The zero-order valence-electron chi connectivity index (χ0n) is 21.2. The number of benzene rings is 1. The Balaban J connectivity index is 0.00000137. The number of nitrogens with zero attached hydrogens (tertiary/aromatic N) is 6. The van der Waals surface area contributed by atoms with Gasteiger partial charge in [0.25, 0.3) is 5.91 Å². The second-order valence-electron chi connectivity index (χ2n) is 9.89. The number of hydrogen-bond donors (Lipinski definition) is 3. The van der Waals surface area contributed by atoms with Crippen LogP contribution >= 0.6 is 24.2 Å². The molecule has 5 heterocycles. The summed E-state index contributed by atoms with van der Waals surface area (Å²) in [5.41, 5.74) is 14.9. The molecule has 0 radical (unpaired) electrons. The van der Waals surface area contributed by atoms with Crippen LogP contribution in [0.15, 0.2) is 30.3 Å². The minimum Gasteiger partial charge on any atom is -0.398 e. The average Bonchev–Trinajstić information content (AvgIpc) is 3.51. The highest BCUT2D eigenvalue weighted by molar-refractivity contribution is 7.79. The van der Waals surface area contributed by atoms with Crippen LogP contribution in [0.1, 0.15) is 54.2 Å². The highest BCUT2D eigenvalue weighted by atomic mass is 35.5. The van der Waals surface area contributed by atoms with Crippen molar-refractivity contribution < 1.29 is 4.79 Å². The fraction of sp³-hybridized carbons (Fsp3) is 0.500. The van der Waals surface area contributed by atoms with Gasteiger partial charge >= 0.3 is 0 Å². The van der Waals surface area contributed by atoms with E-state index < -0.39 is 0 Å². The molecule has 11 heteroatoms. The Morgan fingerprint density at radius 1 is 1.03 bits per heavy atom. The summed E-state index contributed by atoms with van der Waals surface area (Å²) in [6.45, 7) is 4.40. The van der Waals surface area contributed by atoms with E-state index >= 15 is 0 Å². The molecule has 3 saturated heterocycles. The zero-order valence-corrected chi connectivity index (χ0v) is 22.8. The summed E-state index contributed by atoms with van der Waals surface area (Å²) in [5, 5.41) is 5.52. The fourth-order valence-corrected chi connectivity index (χ4v) is 5.58. The highest BCUT2D eigenvalue weighted by Crippen LogP contribution is 2.35. The number of carbonyl (C=O) groups is 1. The molecule has 3 aliphatic rings. The maximum Gasteiger partial charge on any atom is 0.256 e. The molecular formula is C26H35ClN8OS. The Hall–Kier alpha value is -2.69. The van der Waals surface area contributed by atoms with Gasteiger partial charge in [-0.05, 0) is 56.6 Å². The summed E-state index contributed by atoms with van der Waals surface area (Å²) in [5.74, 6) is 1.89. The number of carbonyl (C=O) groups excluding carboxylic acids is 1. The quantitative estimate of drug-likeness (QED) is 0.341. The summed E-state index contributed by atoms with van der Waals surface area (Å²) in [6, 6.07) is 9.25. The summed E-state index contributed by atoms with van der Waals surface area (Å²) >= 11 is 9.71. The van der Waals surface area contributed by atoms with Gasteiger partial charge in [-0.15, -0.1) is 0 Å². The number of fused-ring (bicyclic) bond motifs is 1. The number of nitrogens with two attached hydrogens (primary N) is 2. The molecule has 0 bridgehead atoms. The predicted molar refractivity (Wildman–Crippen MR) is 153 cm³/mol. The number of hydrogen-bond acceptors (Lipinski definition) is 8. The molecule has 4 N–H and O–H groups in total. The number of likely N-dealkylation sites (tertiary alicyclic amines) is 1. The van der Waals surface area contributed by atoms with Crippen molar-refractivity contribution in [3.8, 4) is 0 Å². The summed E-state index contributed by atoms with van der Waals surface area (Å²) in [7, 11) is 0. The van der Waals surface area contributed by atoms with E-state index in [9.17, 15) is 4.79 Å². The van der Waals surface area contributed by atoms with E-state index in [-0.39, 0.29) is 18.0 Å². The number of aromatic nitrogens is 3. The van der Waals surface area contributed by atoms with E-state index in [1.54, 1.807) is 24.5 Å². The van der Waals surface area contributed by atoms with Crippen LogP contribution in [0.4, 0.5) is 17.3 Å². The molecule has 3 aliphatic heterocycles. The van der Waals surface area contributed by atoms with Gasteiger partial charge in [-0.3, -0.25) is 4.79 Å². The molecule has 1 amide bonds. The van der Waals surface area contributed by atoms with Crippen molar-refractivity contribution in [1.29, 1.82) is 0 Å². The van der Waals surface area contributed by atoms with Crippen molar-refractivity contribution in [2.75, 3.05) is 54.5 Å². The lowest BCUT2D eigenvalue weighted by molar-refractivity contribution is 0.0607. The highest BCUT2D eigenvalue weighted by Gasteiger charge is 2.33. The monoisotopic (exact) mass is 542 g/mol. The van der Waals surface area contributed by atoms with Gasteiger partial charge in [0, 0.05) is 61.6 Å². The number of piperidine rings is 1. The van der Waals surface area contributed by atoms with Gasteiger partial charge in [0.2, 0.25) is 0 Å². The van der Waals surface area contributed by atoms with E-state index in [1.165, 1.54) is 6.42 Å². The molecule has 2 unspecified atom stereocenters. The number of thiol groups is 1. The van der Waals surface area contributed by atoms with Crippen LogP contribution < -0.4 is 21.3 Å². The molecule has 0 spiro atoms. The van der Waals surface area contributed by atoms with Crippen LogP contribution in [-0.2, 0) is 0 Å². The molecule has 6 rings (SSSR count). The second kappa shape index (κ2) is 11.0. The zero-order chi connectivity index (χ0) is 26.1. The normalized spacial score (nSPS) is 21.6. The van der Waals surface area contributed by atoms with Crippen LogP contribution in [0, 0.1) is 0 Å². The first kappa shape index (κ1) is 25.9. The standard InChI is InChI=1S/C25H31ClN8O.CH4S/c26-16-5-6-19(28)18(12-16)25(35)33-10-2-1-4-21(33)20-13-23-29-22(31-8-3-9-31)14-24(34(23)30-20)32-11-7-17(27)15-32;1-2/h5-6,12-14,17,21H,1-4,7-11,15,27-28H2;2H,1H3. The lowest BCUT2D eigenvalue weighted by atomic mass is 9.98. The lowest BCUT2D eigenvalue weighted by Gasteiger charge is -2.35. The number of nitrogen functional groups attached to an aromatic ring is 1. The number of halogens is 1. The van der Waals surface area contributed by atoms with Crippen LogP contribution in [0.5, 0.6) is 0 Å². The van der Waals surface area contributed by atoms with Crippen LogP contribution in [0.2, 0.25) is 5.02 Å². The molecule has 2 aromatic heterocycles. The van der Waals surface area contributed by atoms with E-state index in [2.05, 4.69) is 28.5 Å². The van der Waals surface area contributed by atoms with Gasteiger partial charge in [-0.1, -0.05) is 11.6 Å². The molecule has 37 heavy (non-hydrogen) atoms. The maximum atomic E-state index is 13.6. The topological polar surface area (TPSA) is 109 Å². The smallest absolute Gasteiger partial charge is 0.256 e. The maximum absolute atomic E-state index is 13.6. The van der Waals surface area contributed by atoms with Crippen molar-refractivity contribution in [3.05, 3.63) is 46.6 Å². The minimum absolute atomic E-state index is 0.105. The minimum atomic E-state index is -0.141. The van der Waals surface area contributed by atoms with Gasteiger partial charge in [0.1, 0.15) is 11.6 Å². The van der Waals surface area contributed by atoms with Crippen LogP contribution in [0.3, 0.4) is 0 Å². The largest absolute Gasteiger partial charge is 0.398 e. The molecule has 0 aliphatic carbocycles. The van der Waals surface area contributed by atoms with Crippen molar-refractivity contribution in [2.24, 2.45) is 5.73 Å². The van der Waals surface area contributed by atoms with Crippen LogP contribution in [0.25, 0.3) is 5.65 Å². The van der Waals surface area contributed by atoms with Gasteiger partial charge in [0.15, 0.2) is 5.65 Å². The molecule has 198 valence electrons. The first-order valence-electron chi connectivity index (χ1n) is 12.9. The third-order valence-electron chi connectivity index (χ3n) is 7.49. The van der Waals surface area contributed by atoms with Crippen molar-refractivity contribution >= 4 is 53.1 Å². The van der Waals surface area contributed by atoms with Crippen LogP contribution in [-0.4, -0.2) is 70.4 Å². The molecule has 2 atom stereocenters. The number of rotatable bonds is 4. The van der Waals surface area contributed by atoms with Crippen molar-refractivity contribution in [1.82, 2.24) is 19.5 Å². The van der Waals surface area contributed by atoms with E-state index in [1.807, 2.05) is 15.5 Å². The molecule has 1 aromatic carbocycles. The van der Waals surface area contributed by atoms with Gasteiger partial charge in [-0.2, -0.15) is 22.2 Å². The summed E-state index contributed by atoms with van der Waals surface area (Å²) in [4.78, 5) is 25.0. The van der Waals surface area contributed by atoms with E-state index in [0.717, 1.165) is 74.8 Å². The number of amides is 1. The Morgan fingerprint density at radius 3 is 2.54 bits per heavy atom. The molecular weight excluding hydrogens is 508 g/mol. The first-order chi connectivity index (χ1) is 18.0. The number of anilines is 3. The molecule has 0 saturated carbocycles. The fourth-order valence-electron chi connectivity index (χ4n) is 5.40. The van der Waals surface area contributed by atoms with E-state index in [4.69, 9.17) is 33.2 Å². The Labute approximate surface area is 228 Å². The Bertz CT molecular complexity index is 1280. The van der Waals surface area contributed by atoms with Crippen molar-refractivity contribution in [3.63, 3.8) is 0 Å².